The smallest absolute Gasteiger partial charge is 0.382 e. The first-order valence-electron chi connectivity index (χ1n) is 13.5. The minimum atomic E-state index is -4.25. The van der Waals surface area contributed by atoms with Gasteiger partial charge in [-0.1, -0.05) is 67.1 Å². The van der Waals surface area contributed by atoms with Gasteiger partial charge in [-0.05, 0) is 36.0 Å². The van der Waals surface area contributed by atoms with Crippen LogP contribution in [0.5, 0.6) is 0 Å². The number of halogens is 4. The van der Waals surface area contributed by atoms with Crippen LogP contribution >= 0.6 is 11.6 Å². The van der Waals surface area contributed by atoms with Gasteiger partial charge in [0.1, 0.15) is 28.0 Å². The van der Waals surface area contributed by atoms with Gasteiger partial charge in [-0.25, -0.2) is 9.97 Å². The molecule has 2 aromatic carbocycles. The minimum Gasteiger partial charge on any atom is -0.382 e. The quantitative estimate of drug-likeness (QED) is 0.289. The number of imidazole rings is 1. The van der Waals surface area contributed by atoms with E-state index in [-0.39, 0.29) is 23.3 Å². The normalized spacial score (nSPS) is 20.2. The molecule has 0 aliphatic carbocycles. The fraction of sp³-hybridized carbons (Fsp3) is 0.367. The third-order valence-electron chi connectivity index (χ3n) is 8.29. The standard InChI is InChI=1S/C30H29ClF3N5O/c1-17(21-4-2-3-18(13-21)14-30(32,33)34)19-5-7-20(8-6-19)26-27-28(35)36-15-24(31)39(27)29(37-26)22-9-10-23-11-12-25(40)38(23)16-22/h2-8,13,15,17,22-23H,9-12,14,16H2,1H3,(H2,35,36)/t17-,22+,23-/m0/s1. The van der Waals surface area contributed by atoms with Gasteiger partial charge < -0.3 is 10.6 Å². The number of nitrogen functional groups attached to an aromatic ring is 1. The Hall–Kier alpha value is -3.59. The van der Waals surface area contributed by atoms with Crippen LogP contribution in [-0.2, 0) is 11.2 Å². The average Bonchev–Trinajstić information content (AvgIpc) is 3.51. The number of fused-ring (bicyclic) bond motifs is 2. The number of rotatable bonds is 5. The number of piperidine rings is 1. The molecule has 2 aromatic heterocycles. The summed E-state index contributed by atoms with van der Waals surface area (Å²) < 4.78 is 40.6. The highest BCUT2D eigenvalue weighted by atomic mass is 35.5. The molecule has 2 saturated heterocycles. The lowest BCUT2D eigenvalue weighted by molar-refractivity contribution is -0.130. The molecule has 0 spiro atoms. The molecule has 2 aliphatic rings. The van der Waals surface area contributed by atoms with Gasteiger partial charge in [-0.3, -0.25) is 9.20 Å². The van der Waals surface area contributed by atoms with Crippen LogP contribution in [-0.4, -0.2) is 43.9 Å². The monoisotopic (exact) mass is 567 g/mol. The van der Waals surface area contributed by atoms with E-state index in [1.165, 1.54) is 12.3 Å². The van der Waals surface area contributed by atoms with E-state index < -0.39 is 12.6 Å². The van der Waals surface area contributed by atoms with Gasteiger partial charge in [-0.15, -0.1) is 0 Å². The van der Waals surface area contributed by atoms with E-state index in [1.54, 1.807) is 12.1 Å². The Balaban J connectivity index is 1.33. The molecule has 0 unspecified atom stereocenters. The second kappa shape index (κ2) is 10.1. The number of benzene rings is 2. The van der Waals surface area contributed by atoms with Crippen molar-refractivity contribution >= 4 is 28.8 Å². The van der Waals surface area contributed by atoms with Crippen LogP contribution in [0.25, 0.3) is 16.8 Å². The van der Waals surface area contributed by atoms with Gasteiger partial charge in [0.05, 0.1) is 12.6 Å². The summed E-state index contributed by atoms with van der Waals surface area (Å²) in [6.07, 6.45) is -0.352. The predicted octanol–water partition coefficient (Wildman–Crippen LogP) is 6.76. The number of nitrogens with zero attached hydrogens (tertiary/aromatic N) is 4. The van der Waals surface area contributed by atoms with Gasteiger partial charge in [0, 0.05) is 36.4 Å². The molecule has 40 heavy (non-hydrogen) atoms. The molecule has 208 valence electrons. The maximum Gasteiger partial charge on any atom is 0.393 e. The molecule has 2 aliphatic heterocycles. The molecule has 3 atom stereocenters. The molecule has 6 rings (SSSR count). The fourth-order valence-corrected chi connectivity index (χ4v) is 6.43. The zero-order valence-corrected chi connectivity index (χ0v) is 22.7. The van der Waals surface area contributed by atoms with Gasteiger partial charge in [0.15, 0.2) is 0 Å². The Morgan fingerprint density at radius 1 is 1.10 bits per heavy atom. The summed E-state index contributed by atoms with van der Waals surface area (Å²) >= 11 is 6.64. The molecule has 2 N–H and O–H groups in total. The van der Waals surface area contributed by atoms with Crippen molar-refractivity contribution < 1.29 is 18.0 Å². The van der Waals surface area contributed by atoms with E-state index in [0.717, 1.165) is 41.8 Å². The zero-order valence-electron chi connectivity index (χ0n) is 22.0. The number of alkyl halides is 3. The van der Waals surface area contributed by atoms with Crippen LogP contribution in [0.4, 0.5) is 19.0 Å². The SMILES string of the molecule is C[C@@H](c1ccc(-c2nc([C@@H]3CC[C@H]4CCC(=O)N4C3)n3c(Cl)cnc(N)c23)cc1)c1cccc(CC(F)(F)F)c1. The topological polar surface area (TPSA) is 76.5 Å². The van der Waals surface area contributed by atoms with Gasteiger partial charge in [-0.2, -0.15) is 13.2 Å². The summed E-state index contributed by atoms with van der Waals surface area (Å²) in [5.74, 6) is 1.17. The van der Waals surface area contributed by atoms with Crippen molar-refractivity contribution in [1.29, 1.82) is 0 Å². The molecule has 6 nitrogen and oxygen atoms in total. The number of carbonyl (C=O) groups is 1. The van der Waals surface area contributed by atoms with E-state index in [4.69, 9.17) is 22.3 Å². The molecule has 4 aromatic rings. The van der Waals surface area contributed by atoms with Crippen molar-refractivity contribution in [3.8, 4) is 11.3 Å². The predicted molar refractivity (Wildman–Crippen MR) is 148 cm³/mol. The number of nitrogens with two attached hydrogens (primary N) is 1. The van der Waals surface area contributed by atoms with Crippen LogP contribution in [0, 0.1) is 0 Å². The molecular weight excluding hydrogens is 539 g/mol. The van der Waals surface area contributed by atoms with Crippen molar-refractivity contribution in [3.05, 3.63) is 82.4 Å². The largest absolute Gasteiger partial charge is 0.393 e. The zero-order chi connectivity index (χ0) is 28.2. The van der Waals surface area contributed by atoms with E-state index in [1.807, 2.05) is 46.6 Å². The molecule has 10 heteroatoms. The summed E-state index contributed by atoms with van der Waals surface area (Å²) in [5, 5.41) is 0.400. The number of aromatic nitrogens is 3. The molecule has 0 bridgehead atoms. The van der Waals surface area contributed by atoms with E-state index in [2.05, 4.69) is 4.98 Å². The maximum atomic E-state index is 12.9. The number of amides is 1. The van der Waals surface area contributed by atoms with Crippen LogP contribution in [0.2, 0.25) is 5.15 Å². The Labute approximate surface area is 235 Å². The van der Waals surface area contributed by atoms with E-state index in [9.17, 15) is 18.0 Å². The first-order chi connectivity index (χ1) is 19.1. The average molecular weight is 568 g/mol. The number of hydrogen-bond donors (Lipinski definition) is 1. The van der Waals surface area contributed by atoms with Crippen LogP contribution < -0.4 is 5.73 Å². The second-order valence-corrected chi connectivity index (χ2v) is 11.2. The number of carbonyl (C=O) groups excluding carboxylic acids is 1. The summed E-state index contributed by atoms with van der Waals surface area (Å²) in [7, 11) is 0. The fourth-order valence-electron chi connectivity index (χ4n) is 6.21. The van der Waals surface area contributed by atoms with Crippen molar-refractivity contribution in [2.75, 3.05) is 12.3 Å². The highest BCUT2D eigenvalue weighted by Crippen LogP contribution is 2.39. The van der Waals surface area contributed by atoms with E-state index in [0.29, 0.717) is 41.2 Å². The highest BCUT2D eigenvalue weighted by molar-refractivity contribution is 6.30. The molecule has 0 radical (unpaired) electrons. The van der Waals surface area contributed by atoms with Crippen molar-refractivity contribution in [3.63, 3.8) is 0 Å². The first kappa shape index (κ1) is 26.6. The van der Waals surface area contributed by atoms with Crippen LogP contribution in [0.15, 0.2) is 54.7 Å². The third kappa shape index (κ3) is 4.91. The third-order valence-corrected chi connectivity index (χ3v) is 8.56. The first-order valence-corrected chi connectivity index (χ1v) is 13.8. The Morgan fingerprint density at radius 2 is 1.88 bits per heavy atom. The maximum absolute atomic E-state index is 12.9. The Bertz CT molecular complexity index is 1580. The van der Waals surface area contributed by atoms with Crippen LogP contribution in [0.3, 0.4) is 0 Å². The lowest BCUT2D eigenvalue weighted by Crippen LogP contribution is -2.41. The summed E-state index contributed by atoms with van der Waals surface area (Å²) in [4.78, 5) is 23.8. The Morgan fingerprint density at radius 3 is 2.62 bits per heavy atom. The van der Waals surface area contributed by atoms with E-state index >= 15 is 0 Å². The molecule has 2 fully saturated rings. The lowest BCUT2D eigenvalue weighted by Gasteiger charge is -2.34. The summed E-state index contributed by atoms with van der Waals surface area (Å²) in [5.41, 5.74) is 10.5. The van der Waals surface area contributed by atoms with Crippen molar-refractivity contribution in [2.45, 2.75) is 63.1 Å². The molecule has 1 amide bonds. The van der Waals surface area contributed by atoms with Gasteiger partial charge in [0.2, 0.25) is 5.91 Å². The molecule has 0 saturated carbocycles. The number of hydrogen-bond acceptors (Lipinski definition) is 4. The lowest BCUT2D eigenvalue weighted by atomic mass is 9.91. The van der Waals surface area contributed by atoms with Gasteiger partial charge in [0.25, 0.3) is 0 Å². The summed E-state index contributed by atoms with van der Waals surface area (Å²) in [6, 6.07) is 14.8. The van der Waals surface area contributed by atoms with Gasteiger partial charge >= 0.3 is 6.18 Å². The van der Waals surface area contributed by atoms with Crippen molar-refractivity contribution in [1.82, 2.24) is 19.3 Å². The van der Waals surface area contributed by atoms with Crippen LogP contribution in [0.1, 0.15) is 67.0 Å². The second-order valence-electron chi connectivity index (χ2n) is 10.9. The molecule has 4 heterocycles. The highest BCUT2D eigenvalue weighted by Gasteiger charge is 2.38. The minimum absolute atomic E-state index is 0.0159. The summed E-state index contributed by atoms with van der Waals surface area (Å²) in [6.45, 7) is 2.58. The number of anilines is 1. The Kier molecular flexibility index (Phi) is 6.73. The van der Waals surface area contributed by atoms with Crippen molar-refractivity contribution in [2.24, 2.45) is 0 Å². The molecular formula is C30H29ClF3N5O.